The lowest BCUT2D eigenvalue weighted by Gasteiger charge is -2.04. The molecule has 0 aliphatic carbocycles. The molecule has 1 aromatic heterocycles. The maximum absolute atomic E-state index is 13.1. The summed E-state index contributed by atoms with van der Waals surface area (Å²) in [5.41, 5.74) is 2.25. The molecule has 1 amide bonds. The van der Waals surface area contributed by atoms with Gasteiger partial charge in [0.15, 0.2) is 0 Å². The summed E-state index contributed by atoms with van der Waals surface area (Å²) >= 11 is 0. The number of halogens is 1. The molecule has 0 unspecified atom stereocenters. The summed E-state index contributed by atoms with van der Waals surface area (Å²) in [6.07, 6.45) is 1.69. The molecule has 0 bridgehead atoms. The van der Waals surface area contributed by atoms with E-state index in [9.17, 15) is 9.18 Å². The van der Waals surface area contributed by atoms with Crippen molar-refractivity contribution in [3.05, 3.63) is 71.7 Å². The van der Waals surface area contributed by atoms with Gasteiger partial charge in [-0.15, -0.1) is 0 Å². The number of carbonyl (C=O) groups is 1. The van der Waals surface area contributed by atoms with Gasteiger partial charge in [-0.1, -0.05) is 30.3 Å². The first-order valence-electron chi connectivity index (χ1n) is 6.33. The van der Waals surface area contributed by atoms with Crippen LogP contribution in [0, 0.1) is 5.82 Å². The second-order valence-corrected chi connectivity index (χ2v) is 4.56. The van der Waals surface area contributed by atoms with E-state index in [4.69, 9.17) is 0 Å². The van der Waals surface area contributed by atoms with Crippen LogP contribution in [0.4, 0.5) is 4.39 Å². The van der Waals surface area contributed by atoms with Gasteiger partial charge in [-0.3, -0.25) is 4.79 Å². The number of nitrogens with one attached hydrogen (secondary N) is 2. The molecule has 0 fully saturated rings. The van der Waals surface area contributed by atoms with E-state index in [0.717, 1.165) is 16.5 Å². The fourth-order valence-electron chi connectivity index (χ4n) is 2.18. The second kappa shape index (κ2) is 5.17. The third kappa shape index (κ3) is 2.40. The van der Waals surface area contributed by atoms with Crippen LogP contribution in [-0.2, 0) is 6.54 Å². The molecule has 0 aliphatic heterocycles. The molecular formula is C16H13FN2O. The number of carbonyl (C=O) groups excluding carboxylic acids is 1. The smallest absolute Gasteiger partial charge is 0.253 e. The molecule has 3 nitrogen and oxygen atoms in total. The molecule has 0 atom stereocenters. The Kier molecular flexibility index (Phi) is 3.21. The molecule has 0 spiro atoms. The van der Waals surface area contributed by atoms with Crippen LogP contribution in [0.1, 0.15) is 15.9 Å². The van der Waals surface area contributed by atoms with Crippen LogP contribution in [0.3, 0.4) is 0 Å². The summed E-state index contributed by atoms with van der Waals surface area (Å²) in [7, 11) is 0. The first-order valence-corrected chi connectivity index (χ1v) is 6.33. The average molecular weight is 268 g/mol. The van der Waals surface area contributed by atoms with E-state index in [-0.39, 0.29) is 11.7 Å². The zero-order chi connectivity index (χ0) is 13.9. The average Bonchev–Trinajstić information content (AvgIpc) is 2.89. The molecule has 0 saturated heterocycles. The van der Waals surface area contributed by atoms with Crippen molar-refractivity contribution >= 4 is 16.8 Å². The van der Waals surface area contributed by atoms with Crippen molar-refractivity contribution in [2.45, 2.75) is 6.54 Å². The van der Waals surface area contributed by atoms with E-state index < -0.39 is 0 Å². The number of hydrogen-bond donors (Lipinski definition) is 2. The highest BCUT2D eigenvalue weighted by Gasteiger charge is 2.11. The van der Waals surface area contributed by atoms with Gasteiger partial charge in [0.25, 0.3) is 5.91 Å². The van der Waals surface area contributed by atoms with Crippen LogP contribution in [0.25, 0.3) is 10.9 Å². The topological polar surface area (TPSA) is 44.9 Å². The highest BCUT2D eigenvalue weighted by atomic mass is 19.1. The number of hydrogen-bond acceptors (Lipinski definition) is 1. The summed E-state index contributed by atoms with van der Waals surface area (Å²) in [6, 6.07) is 13.8. The van der Waals surface area contributed by atoms with Crippen molar-refractivity contribution in [3.8, 4) is 0 Å². The van der Waals surface area contributed by atoms with Gasteiger partial charge in [-0.25, -0.2) is 4.39 Å². The van der Waals surface area contributed by atoms with Crippen LogP contribution in [0.15, 0.2) is 54.7 Å². The molecule has 100 valence electrons. The standard InChI is InChI=1S/C16H13FN2O/c17-12-5-3-4-11(8-12)9-19-16(20)14-10-18-15-7-2-1-6-13(14)15/h1-8,10,18H,9H2,(H,19,20). The Balaban J connectivity index is 1.76. The van der Waals surface area contributed by atoms with Crippen molar-refractivity contribution in [1.82, 2.24) is 10.3 Å². The summed E-state index contributed by atoms with van der Waals surface area (Å²) in [5.74, 6) is -0.476. The Morgan fingerprint density at radius 2 is 2.00 bits per heavy atom. The number of amides is 1. The zero-order valence-electron chi connectivity index (χ0n) is 10.7. The fourth-order valence-corrected chi connectivity index (χ4v) is 2.18. The van der Waals surface area contributed by atoms with E-state index in [2.05, 4.69) is 10.3 Å². The summed E-state index contributed by atoms with van der Waals surface area (Å²) in [5, 5.41) is 3.67. The molecule has 2 aromatic carbocycles. The lowest BCUT2D eigenvalue weighted by atomic mass is 10.1. The minimum atomic E-state index is -0.302. The lowest BCUT2D eigenvalue weighted by Crippen LogP contribution is -2.22. The van der Waals surface area contributed by atoms with E-state index >= 15 is 0 Å². The number of para-hydroxylation sites is 1. The van der Waals surface area contributed by atoms with Gasteiger partial charge in [-0.05, 0) is 23.8 Å². The van der Waals surface area contributed by atoms with Crippen LogP contribution in [0.5, 0.6) is 0 Å². The molecule has 1 heterocycles. The van der Waals surface area contributed by atoms with Crippen LogP contribution >= 0.6 is 0 Å². The predicted molar refractivity (Wildman–Crippen MR) is 75.9 cm³/mol. The molecule has 0 aliphatic rings. The van der Waals surface area contributed by atoms with E-state index in [1.165, 1.54) is 12.1 Å². The quantitative estimate of drug-likeness (QED) is 0.752. The highest BCUT2D eigenvalue weighted by molar-refractivity contribution is 6.06. The van der Waals surface area contributed by atoms with E-state index in [1.54, 1.807) is 18.3 Å². The second-order valence-electron chi connectivity index (χ2n) is 4.56. The lowest BCUT2D eigenvalue weighted by molar-refractivity contribution is 0.0952. The molecule has 3 rings (SSSR count). The SMILES string of the molecule is O=C(NCc1cccc(F)c1)c1c[nH]c2ccccc12. The summed E-state index contributed by atoms with van der Waals surface area (Å²) in [4.78, 5) is 15.2. The van der Waals surface area contributed by atoms with Gasteiger partial charge < -0.3 is 10.3 Å². The molecule has 3 aromatic rings. The number of fused-ring (bicyclic) bond motifs is 1. The monoisotopic (exact) mass is 268 g/mol. The minimum Gasteiger partial charge on any atom is -0.360 e. The predicted octanol–water partition coefficient (Wildman–Crippen LogP) is 3.24. The van der Waals surface area contributed by atoms with Gasteiger partial charge in [-0.2, -0.15) is 0 Å². The van der Waals surface area contributed by atoms with Gasteiger partial charge >= 0.3 is 0 Å². The number of benzene rings is 2. The van der Waals surface area contributed by atoms with Crippen molar-refractivity contribution < 1.29 is 9.18 Å². The molecule has 2 N–H and O–H groups in total. The number of aromatic nitrogens is 1. The van der Waals surface area contributed by atoms with Crippen LogP contribution in [-0.4, -0.2) is 10.9 Å². The number of rotatable bonds is 3. The molecule has 20 heavy (non-hydrogen) atoms. The van der Waals surface area contributed by atoms with Crippen LogP contribution < -0.4 is 5.32 Å². The zero-order valence-corrected chi connectivity index (χ0v) is 10.7. The Morgan fingerprint density at radius 1 is 1.15 bits per heavy atom. The van der Waals surface area contributed by atoms with Crippen molar-refractivity contribution in [2.24, 2.45) is 0 Å². The molecular weight excluding hydrogens is 255 g/mol. The first-order chi connectivity index (χ1) is 9.74. The molecule has 0 saturated carbocycles. The van der Waals surface area contributed by atoms with Crippen molar-refractivity contribution in [1.29, 1.82) is 0 Å². The maximum atomic E-state index is 13.1. The van der Waals surface area contributed by atoms with Crippen LogP contribution in [0.2, 0.25) is 0 Å². The normalized spacial score (nSPS) is 10.7. The Morgan fingerprint density at radius 3 is 2.85 bits per heavy atom. The molecule has 0 radical (unpaired) electrons. The number of aromatic amines is 1. The van der Waals surface area contributed by atoms with Gasteiger partial charge in [0.05, 0.1) is 5.56 Å². The Bertz CT molecular complexity index is 764. The largest absolute Gasteiger partial charge is 0.360 e. The third-order valence-electron chi connectivity index (χ3n) is 3.18. The van der Waals surface area contributed by atoms with Crippen molar-refractivity contribution in [3.63, 3.8) is 0 Å². The highest BCUT2D eigenvalue weighted by Crippen LogP contribution is 2.17. The van der Waals surface area contributed by atoms with Crippen molar-refractivity contribution in [2.75, 3.05) is 0 Å². The minimum absolute atomic E-state index is 0.174. The third-order valence-corrected chi connectivity index (χ3v) is 3.18. The van der Waals surface area contributed by atoms with E-state index in [0.29, 0.717) is 12.1 Å². The summed E-state index contributed by atoms with van der Waals surface area (Å²) < 4.78 is 13.1. The first kappa shape index (κ1) is 12.4. The van der Waals surface area contributed by atoms with Gasteiger partial charge in [0.2, 0.25) is 0 Å². The molecule has 4 heteroatoms. The summed E-state index contributed by atoms with van der Waals surface area (Å²) in [6.45, 7) is 0.302. The van der Waals surface area contributed by atoms with Gasteiger partial charge in [0, 0.05) is 23.6 Å². The number of H-pyrrole nitrogens is 1. The van der Waals surface area contributed by atoms with E-state index in [1.807, 2.05) is 24.3 Å². The Labute approximate surface area is 115 Å². The van der Waals surface area contributed by atoms with Gasteiger partial charge in [0.1, 0.15) is 5.82 Å². The maximum Gasteiger partial charge on any atom is 0.253 e. The fraction of sp³-hybridized carbons (Fsp3) is 0.0625. The Hall–Kier alpha value is -2.62.